The first-order chi connectivity index (χ1) is 9.74. The highest BCUT2D eigenvalue weighted by atomic mass is 79.9. The molecule has 0 spiro atoms. The molecule has 4 unspecified atom stereocenters. The van der Waals surface area contributed by atoms with Crippen LogP contribution in [-0.2, 0) is 0 Å². The Morgan fingerprint density at radius 1 is 1.30 bits per heavy atom. The van der Waals surface area contributed by atoms with Crippen molar-refractivity contribution < 1.29 is 4.79 Å². The van der Waals surface area contributed by atoms with Gasteiger partial charge in [-0.3, -0.25) is 4.79 Å². The van der Waals surface area contributed by atoms with Gasteiger partial charge in [0.1, 0.15) is 5.65 Å². The third-order valence-electron chi connectivity index (χ3n) is 5.80. The monoisotopic (exact) mass is 330 g/mol. The number of halogens is 1. The lowest BCUT2D eigenvalue weighted by Crippen LogP contribution is -2.09. The van der Waals surface area contributed by atoms with Crippen molar-refractivity contribution in [3.05, 3.63) is 28.5 Å². The van der Waals surface area contributed by atoms with Crippen molar-refractivity contribution >= 4 is 32.7 Å². The van der Waals surface area contributed by atoms with Gasteiger partial charge in [-0.15, -0.1) is 0 Å². The molecule has 3 fully saturated rings. The smallest absolute Gasteiger partial charge is 0.168 e. The van der Waals surface area contributed by atoms with Gasteiger partial charge in [-0.2, -0.15) is 0 Å². The van der Waals surface area contributed by atoms with E-state index in [1.165, 1.54) is 19.3 Å². The van der Waals surface area contributed by atoms with Crippen LogP contribution in [0.1, 0.15) is 29.6 Å². The fourth-order valence-corrected chi connectivity index (χ4v) is 5.37. The summed E-state index contributed by atoms with van der Waals surface area (Å²) in [5, 5.41) is 0.960. The van der Waals surface area contributed by atoms with Crippen LogP contribution in [0.2, 0.25) is 0 Å². The first kappa shape index (κ1) is 11.5. The lowest BCUT2D eigenvalue weighted by atomic mass is 9.96. The van der Waals surface area contributed by atoms with Gasteiger partial charge in [0.25, 0.3) is 0 Å². The van der Waals surface area contributed by atoms with Crippen LogP contribution in [-0.4, -0.2) is 15.8 Å². The van der Waals surface area contributed by atoms with Crippen LogP contribution in [0.3, 0.4) is 0 Å². The highest BCUT2D eigenvalue weighted by Gasteiger charge is 2.67. The fourth-order valence-electron chi connectivity index (χ4n) is 5.04. The Bertz CT molecular complexity index is 721. The number of fused-ring (bicyclic) bond motifs is 6. The van der Waals surface area contributed by atoms with Crippen LogP contribution in [0, 0.1) is 29.6 Å². The summed E-state index contributed by atoms with van der Waals surface area (Å²) in [6.45, 7) is 0. The maximum Gasteiger partial charge on any atom is 0.168 e. The van der Waals surface area contributed by atoms with Crippen molar-refractivity contribution in [1.29, 1.82) is 0 Å². The first-order valence-corrected chi connectivity index (χ1v) is 8.20. The van der Waals surface area contributed by atoms with Crippen molar-refractivity contribution in [3.8, 4) is 0 Å². The van der Waals surface area contributed by atoms with Crippen LogP contribution in [0.5, 0.6) is 0 Å². The lowest BCUT2D eigenvalue weighted by Gasteiger charge is -2.07. The Morgan fingerprint density at radius 3 is 2.80 bits per heavy atom. The molecular formula is C16H15BrN2O. The summed E-state index contributed by atoms with van der Waals surface area (Å²) in [4.78, 5) is 20.3. The van der Waals surface area contributed by atoms with Crippen molar-refractivity contribution in [1.82, 2.24) is 9.97 Å². The second kappa shape index (κ2) is 3.73. The summed E-state index contributed by atoms with van der Waals surface area (Å²) in [6, 6.07) is 2.00. The summed E-state index contributed by atoms with van der Waals surface area (Å²) >= 11 is 3.44. The predicted octanol–water partition coefficient (Wildman–Crippen LogP) is 3.80. The van der Waals surface area contributed by atoms with Gasteiger partial charge >= 0.3 is 0 Å². The second-order valence-electron chi connectivity index (χ2n) is 6.63. The van der Waals surface area contributed by atoms with Crippen molar-refractivity contribution in [3.63, 3.8) is 0 Å². The van der Waals surface area contributed by atoms with Gasteiger partial charge in [0.15, 0.2) is 5.78 Å². The quantitative estimate of drug-likeness (QED) is 0.851. The van der Waals surface area contributed by atoms with Gasteiger partial charge in [-0.05, 0) is 64.9 Å². The zero-order chi connectivity index (χ0) is 13.4. The number of hydrogen-bond acceptors (Lipinski definition) is 2. The standard InChI is InChI=1S/C16H15BrN2O/c17-9-4-10-11(6-19-16(10)18-5-9)15(20)14-12-7-1-2-8(3-7)13(12)14/h4-8,12-14H,1-3H2,(H,18,19). The fraction of sp³-hybridized carbons (Fsp3) is 0.500. The molecule has 3 nitrogen and oxygen atoms in total. The number of carbonyl (C=O) groups excluding carboxylic acids is 1. The maximum absolute atomic E-state index is 12.9. The number of hydrogen-bond donors (Lipinski definition) is 1. The number of pyridine rings is 1. The first-order valence-electron chi connectivity index (χ1n) is 7.41. The Morgan fingerprint density at radius 2 is 2.05 bits per heavy atom. The van der Waals surface area contributed by atoms with Gasteiger partial charge in [0.2, 0.25) is 0 Å². The average Bonchev–Trinajstić information content (AvgIpc) is 2.80. The second-order valence-corrected chi connectivity index (χ2v) is 7.55. The molecule has 2 heterocycles. The Hall–Kier alpha value is -1.16. The molecule has 4 heteroatoms. The van der Waals surface area contributed by atoms with E-state index in [2.05, 4.69) is 25.9 Å². The van der Waals surface area contributed by atoms with Gasteiger partial charge in [-0.25, -0.2) is 4.98 Å². The molecular weight excluding hydrogens is 316 g/mol. The van der Waals surface area contributed by atoms with Crippen LogP contribution in [0.25, 0.3) is 11.0 Å². The molecule has 4 atom stereocenters. The Balaban J connectivity index is 1.53. The number of Topliss-reactive ketones (excluding diaryl/α,β-unsaturated/α-hetero) is 1. The van der Waals surface area contributed by atoms with Gasteiger partial charge in [0.05, 0.1) is 0 Å². The molecule has 3 aliphatic carbocycles. The number of aromatic amines is 1. The molecule has 1 N–H and O–H groups in total. The van der Waals surface area contributed by atoms with E-state index >= 15 is 0 Å². The summed E-state index contributed by atoms with van der Waals surface area (Å²) in [5.41, 5.74) is 1.65. The molecule has 0 aliphatic heterocycles. The van der Waals surface area contributed by atoms with Crippen LogP contribution >= 0.6 is 15.9 Å². The molecule has 102 valence electrons. The molecule has 0 aromatic carbocycles. The van der Waals surface area contributed by atoms with Gasteiger partial charge in [-0.1, -0.05) is 0 Å². The van der Waals surface area contributed by atoms with E-state index in [9.17, 15) is 4.79 Å². The number of ketones is 1. The third-order valence-corrected chi connectivity index (χ3v) is 6.23. The number of aromatic nitrogens is 2. The molecule has 2 bridgehead atoms. The third kappa shape index (κ3) is 1.36. The van der Waals surface area contributed by atoms with Crippen LogP contribution in [0.15, 0.2) is 22.9 Å². The van der Waals surface area contributed by atoms with Crippen LogP contribution in [0.4, 0.5) is 0 Å². The molecule has 2 aromatic heterocycles. The van der Waals surface area contributed by atoms with Gasteiger partial charge in [0, 0.05) is 33.7 Å². The molecule has 0 amide bonds. The molecule has 3 saturated carbocycles. The van der Waals surface area contributed by atoms with Crippen LogP contribution < -0.4 is 0 Å². The largest absolute Gasteiger partial charge is 0.345 e. The van der Waals surface area contributed by atoms with E-state index in [0.29, 0.717) is 23.5 Å². The van der Waals surface area contributed by atoms with E-state index in [1.807, 2.05) is 12.3 Å². The van der Waals surface area contributed by atoms with Crippen molar-refractivity contribution in [2.45, 2.75) is 19.3 Å². The zero-order valence-corrected chi connectivity index (χ0v) is 12.6. The minimum Gasteiger partial charge on any atom is -0.345 e. The summed E-state index contributed by atoms with van der Waals surface area (Å²) in [7, 11) is 0. The summed E-state index contributed by atoms with van der Waals surface area (Å²) in [6.07, 6.45) is 7.72. The number of nitrogens with one attached hydrogen (secondary N) is 1. The maximum atomic E-state index is 12.9. The molecule has 0 radical (unpaired) electrons. The minimum atomic E-state index is 0.305. The molecule has 20 heavy (non-hydrogen) atoms. The Labute approximate surface area is 125 Å². The van der Waals surface area contributed by atoms with E-state index in [0.717, 1.165) is 32.9 Å². The SMILES string of the molecule is O=C(c1c[nH]c2ncc(Br)cc12)C1C2C3CCC(C3)C12. The number of nitrogens with zero attached hydrogens (tertiary/aromatic N) is 1. The molecule has 5 rings (SSSR count). The molecule has 0 saturated heterocycles. The van der Waals surface area contributed by atoms with E-state index < -0.39 is 0 Å². The van der Waals surface area contributed by atoms with Crippen molar-refractivity contribution in [2.75, 3.05) is 0 Å². The topological polar surface area (TPSA) is 45.8 Å². The van der Waals surface area contributed by atoms with Crippen molar-refractivity contribution in [2.24, 2.45) is 29.6 Å². The summed E-state index contributed by atoms with van der Waals surface area (Å²) in [5.74, 6) is 3.74. The normalized spacial score (nSPS) is 37.4. The summed E-state index contributed by atoms with van der Waals surface area (Å²) < 4.78 is 0.926. The van der Waals surface area contributed by atoms with E-state index in [-0.39, 0.29) is 0 Å². The Kier molecular flexibility index (Phi) is 2.14. The minimum absolute atomic E-state index is 0.305. The zero-order valence-electron chi connectivity index (χ0n) is 11.0. The van der Waals surface area contributed by atoms with E-state index in [4.69, 9.17) is 0 Å². The number of rotatable bonds is 2. The number of carbonyl (C=O) groups is 1. The number of H-pyrrole nitrogens is 1. The lowest BCUT2D eigenvalue weighted by molar-refractivity contribution is 0.0946. The molecule has 2 aromatic rings. The predicted molar refractivity (Wildman–Crippen MR) is 79.4 cm³/mol. The average molecular weight is 331 g/mol. The highest BCUT2D eigenvalue weighted by Crippen LogP contribution is 2.70. The highest BCUT2D eigenvalue weighted by molar-refractivity contribution is 9.10. The molecule has 3 aliphatic rings. The van der Waals surface area contributed by atoms with Gasteiger partial charge < -0.3 is 4.98 Å². The van der Waals surface area contributed by atoms with E-state index in [1.54, 1.807) is 6.20 Å².